The highest BCUT2D eigenvalue weighted by Crippen LogP contribution is 2.22. The van der Waals surface area contributed by atoms with E-state index < -0.39 is 10.0 Å². The van der Waals surface area contributed by atoms with E-state index in [1.54, 1.807) is 25.3 Å². The van der Waals surface area contributed by atoms with E-state index >= 15 is 0 Å². The minimum atomic E-state index is -3.82. The lowest BCUT2D eigenvalue weighted by molar-refractivity contribution is 0.414. The topological polar surface area (TPSA) is 123 Å². The zero-order valence-corrected chi connectivity index (χ0v) is 21.5. The van der Waals surface area contributed by atoms with Crippen molar-refractivity contribution in [1.29, 1.82) is 0 Å². The standard InChI is InChI=1S/C24H25N7O3S2/c1-16-22(17(2)31(29-16)15-18-6-4-7-20(14-18)34-3)28-24(35)27-19-8-10-21(11-9-19)36(32,33)30-23-25-12-5-13-26-23/h4-14H,15H2,1-3H3,(H,25,26,30)(H2,27,28,35). The Morgan fingerprint density at radius 1 is 1.03 bits per heavy atom. The van der Waals surface area contributed by atoms with Crippen LogP contribution in [-0.2, 0) is 16.6 Å². The van der Waals surface area contributed by atoms with Crippen LogP contribution in [0.25, 0.3) is 0 Å². The van der Waals surface area contributed by atoms with Crippen LogP contribution in [0.1, 0.15) is 17.0 Å². The largest absolute Gasteiger partial charge is 0.497 e. The summed E-state index contributed by atoms with van der Waals surface area (Å²) in [6, 6.07) is 15.6. The molecule has 12 heteroatoms. The first-order valence-corrected chi connectivity index (χ1v) is 12.8. The smallest absolute Gasteiger partial charge is 0.264 e. The fourth-order valence-electron chi connectivity index (χ4n) is 3.50. The summed E-state index contributed by atoms with van der Waals surface area (Å²) in [6.07, 6.45) is 2.91. The minimum Gasteiger partial charge on any atom is -0.497 e. The Labute approximate surface area is 214 Å². The fraction of sp³-hybridized carbons (Fsp3) is 0.167. The molecule has 0 spiro atoms. The molecule has 2 heterocycles. The molecular weight excluding hydrogens is 498 g/mol. The Bertz CT molecular complexity index is 1470. The van der Waals surface area contributed by atoms with E-state index in [4.69, 9.17) is 17.0 Å². The number of ether oxygens (including phenoxy) is 1. The highest BCUT2D eigenvalue weighted by Gasteiger charge is 2.16. The summed E-state index contributed by atoms with van der Waals surface area (Å²) in [5.41, 5.74) is 4.23. The van der Waals surface area contributed by atoms with E-state index in [0.29, 0.717) is 17.3 Å². The molecule has 0 saturated heterocycles. The molecule has 0 aliphatic rings. The van der Waals surface area contributed by atoms with Crippen LogP contribution in [0, 0.1) is 13.8 Å². The van der Waals surface area contributed by atoms with E-state index in [1.165, 1.54) is 24.5 Å². The third kappa shape index (κ3) is 5.96. The molecule has 36 heavy (non-hydrogen) atoms. The Kier molecular flexibility index (Phi) is 7.46. The monoisotopic (exact) mass is 523 g/mol. The number of benzene rings is 2. The van der Waals surface area contributed by atoms with Crippen molar-refractivity contribution in [3.05, 3.63) is 83.9 Å². The van der Waals surface area contributed by atoms with Crippen molar-refractivity contribution >= 4 is 44.7 Å². The highest BCUT2D eigenvalue weighted by atomic mass is 32.2. The first-order chi connectivity index (χ1) is 17.2. The molecule has 3 N–H and O–H groups in total. The van der Waals surface area contributed by atoms with Gasteiger partial charge in [-0.2, -0.15) is 5.10 Å². The summed E-state index contributed by atoms with van der Waals surface area (Å²) in [4.78, 5) is 7.84. The molecule has 2 aromatic heterocycles. The zero-order valence-electron chi connectivity index (χ0n) is 19.9. The van der Waals surface area contributed by atoms with Gasteiger partial charge in [0.25, 0.3) is 10.0 Å². The van der Waals surface area contributed by atoms with Crippen LogP contribution in [0.5, 0.6) is 5.75 Å². The van der Waals surface area contributed by atoms with Gasteiger partial charge in [-0.3, -0.25) is 4.68 Å². The number of thiocarbonyl (C=S) groups is 1. The lowest BCUT2D eigenvalue weighted by Crippen LogP contribution is -2.20. The van der Waals surface area contributed by atoms with Gasteiger partial charge in [-0.05, 0) is 74.1 Å². The Morgan fingerprint density at radius 3 is 2.44 bits per heavy atom. The van der Waals surface area contributed by atoms with Crippen LogP contribution in [0.15, 0.2) is 71.9 Å². The van der Waals surface area contributed by atoms with Crippen LogP contribution in [-0.4, -0.2) is 40.4 Å². The molecule has 0 fully saturated rings. The van der Waals surface area contributed by atoms with Crippen LogP contribution in [0.4, 0.5) is 17.3 Å². The lowest BCUT2D eigenvalue weighted by Gasteiger charge is -2.12. The maximum Gasteiger partial charge on any atom is 0.264 e. The second-order valence-electron chi connectivity index (χ2n) is 7.84. The van der Waals surface area contributed by atoms with E-state index in [0.717, 1.165) is 28.4 Å². The SMILES string of the molecule is COc1cccc(Cn2nc(C)c(NC(=S)Nc3ccc(S(=O)(=O)Nc4ncccn4)cc3)c2C)c1. The summed E-state index contributed by atoms with van der Waals surface area (Å²) in [7, 11) is -2.18. The summed E-state index contributed by atoms with van der Waals surface area (Å²) < 4.78 is 34.7. The lowest BCUT2D eigenvalue weighted by atomic mass is 10.2. The van der Waals surface area contributed by atoms with Gasteiger partial charge in [-0.1, -0.05) is 12.1 Å². The van der Waals surface area contributed by atoms with Crippen LogP contribution in [0.2, 0.25) is 0 Å². The number of hydrogen-bond donors (Lipinski definition) is 3. The van der Waals surface area contributed by atoms with E-state index in [-0.39, 0.29) is 10.8 Å². The average Bonchev–Trinajstić information content (AvgIpc) is 3.12. The van der Waals surface area contributed by atoms with Gasteiger partial charge >= 0.3 is 0 Å². The molecule has 0 radical (unpaired) electrons. The van der Waals surface area contributed by atoms with Crippen molar-refractivity contribution in [2.45, 2.75) is 25.3 Å². The highest BCUT2D eigenvalue weighted by molar-refractivity contribution is 7.92. The molecule has 2 aromatic carbocycles. The maximum atomic E-state index is 12.6. The first-order valence-electron chi connectivity index (χ1n) is 10.9. The molecule has 10 nitrogen and oxygen atoms in total. The Hall–Kier alpha value is -4.03. The fourth-order valence-corrected chi connectivity index (χ4v) is 4.68. The average molecular weight is 524 g/mol. The predicted molar refractivity (Wildman–Crippen MR) is 143 cm³/mol. The number of aryl methyl sites for hydroxylation is 1. The van der Waals surface area contributed by atoms with Crippen LogP contribution in [0.3, 0.4) is 0 Å². The molecule has 0 aliphatic carbocycles. The molecule has 0 aliphatic heterocycles. The first kappa shape index (κ1) is 25.1. The van der Waals surface area contributed by atoms with Crippen molar-refractivity contribution in [2.75, 3.05) is 22.5 Å². The number of anilines is 3. The van der Waals surface area contributed by atoms with Gasteiger partial charge in [0.2, 0.25) is 5.95 Å². The minimum absolute atomic E-state index is 0.00256. The second-order valence-corrected chi connectivity index (χ2v) is 9.93. The predicted octanol–water partition coefficient (Wildman–Crippen LogP) is 3.96. The Balaban J connectivity index is 1.41. The molecule has 4 aromatic rings. The normalized spacial score (nSPS) is 11.1. The molecular formula is C24H25N7O3S2. The van der Waals surface area contributed by atoms with Gasteiger partial charge < -0.3 is 15.4 Å². The van der Waals surface area contributed by atoms with Crippen molar-refractivity contribution in [1.82, 2.24) is 19.7 Å². The number of aromatic nitrogens is 4. The van der Waals surface area contributed by atoms with Crippen LogP contribution < -0.4 is 20.1 Å². The summed E-state index contributed by atoms with van der Waals surface area (Å²) in [6.45, 7) is 4.46. The summed E-state index contributed by atoms with van der Waals surface area (Å²) in [5.74, 6) is 0.795. The van der Waals surface area contributed by atoms with Gasteiger partial charge in [0.05, 0.1) is 35.6 Å². The quantitative estimate of drug-likeness (QED) is 0.295. The van der Waals surface area contributed by atoms with Crippen LogP contribution >= 0.6 is 12.2 Å². The number of rotatable bonds is 8. The summed E-state index contributed by atoms with van der Waals surface area (Å²) >= 11 is 5.48. The van der Waals surface area contributed by atoms with Gasteiger partial charge in [-0.25, -0.2) is 23.1 Å². The summed E-state index contributed by atoms with van der Waals surface area (Å²) in [5, 5.41) is 11.3. The van der Waals surface area contributed by atoms with Gasteiger partial charge in [0, 0.05) is 18.1 Å². The van der Waals surface area contributed by atoms with Crippen molar-refractivity contribution < 1.29 is 13.2 Å². The molecule has 0 amide bonds. The zero-order chi connectivity index (χ0) is 25.7. The molecule has 0 saturated carbocycles. The molecule has 186 valence electrons. The maximum absolute atomic E-state index is 12.6. The molecule has 4 rings (SSSR count). The van der Waals surface area contributed by atoms with Gasteiger partial charge in [-0.15, -0.1) is 0 Å². The third-order valence-electron chi connectivity index (χ3n) is 5.30. The number of methoxy groups -OCH3 is 1. The van der Waals surface area contributed by atoms with E-state index in [9.17, 15) is 8.42 Å². The number of nitrogens with zero attached hydrogens (tertiary/aromatic N) is 4. The number of sulfonamides is 1. The third-order valence-corrected chi connectivity index (χ3v) is 6.85. The number of hydrogen-bond acceptors (Lipinski definition) is 7. The van der Waals surface area contributed by atoms with Crippen molar-refractivity contribution in [3.8, 4) is 5.75 Å². The van der Waals surface area contributed by atoms with Crippen molar-refractivity contribution in [2.24, 2.45) is 0 Å². The number of nitrogens with one attached hydrogen (secondary N) is 3. The van der Waals surface area contributed by atoms with E-state index in [1.807, 2.05) is 42.8 Å². The molecule has 0 bridgehead atoms. The van der Waals surface area contributed by atoms with Crippen molar-refractivity contribution in [3.63, 3.8) is 0 Å². The van der Waals surface area contributed by atoms with E-state index in [2.05, 4.69) is 30.4 Å². The van der Waals surface area contributed by atoms with Gasteiger partial charge in [0.1, 0.15) is 5.75 Å². The molecule has 0 atom stereocenters. The second kappa shape index (κ2) is 10.7. The Morgan fingerprint density at radius 2 is 1.75 bits per heavy atom. The van der Waals surface area contributed by atoms with Gasteiger partial charge in [0.15, 0.2) is 5.11 Å². The molecule has 0 unspecified atom stereocenters.